The summed E-state index contributed by atoms with van der Waals surface area (Å²) in [6.45, 7) is 0. The first kappa shape index (κ1) is 24.1. The predicted octanol–water partition coefficient (Wildman–Crippen LogP) is 11.0. The number of ketones is 1. The number of benzene rings is 8. The molecule has 0 bridgehead atoms. The molecular weight excluding hydrogens is 520 g/mol. The summed E-state index contributed by atoms with van der Waals surface area (Å²) in [5.74, 6) is 0.217. The smallest absolute Gasteiger partial charge is 0.167 e. The van der Waals surface area contributed by atoms with E-state index in [0.29, 0.717) is 6.42 Å². The lowest BCUT2D eigenvalue weighted by Crippen LogP contribution is -1.94. The molecule has 1 aliphatic rings. The maximum Gasteiger partial charge on any atom is 0.167 e. The molecule has 0 N–H and O–H groups in total. The summed E-state index contributed by atoms with van der Waals surface area (Å²) in [7, 11) is 0. The summed E-state index contributed by atoms with van der Waals surface area (Å²) in [5, 5.41) is 9.70. The Bertz CT molecular complexity index is 2370. The van der Waals surface area contributed by atoms with Crippen molar-refractivity contribution in [3.63, 3.8) is 0 Å². The lowest BCUT2D eigenvalue weighted by atomic mass is 9.84. The molecular formula is C42H26O. The number of fused-ring (bicyclic) bond motifs is 3. The van der Waals surface area contributed by atoms with Crippen LogP contribution in [0.1, 0.15) is 15.9 Å². The van der Waals surface area contributed by atoms with Gasteiger partial charge in [-0.1, -0.05) is 146 Å². The summed E-state index contributed by atoms with van der Waals surface area (Å²) in [5.41, 5.74) is 9.32. The number of carbonyl (C=O) groups is 1. The Balaban J connectivity index is 1.30. The van der Waals surface area contributed by atoms with Crippen LogP contribution in [0.25, 0.3) is 76.5 Å². The van der Waals surface area contributed by atoms with E-state index in [1.807, 2.05) is 6.07 Å². The van der Waals surface area contributed by atoms with Crippen molar-refractivity contribution >= 4 is 48.9 Å². The Morgan fingerprint density at radius 2 is 0.907 bits per heavy atom. The van der Waals surface area contributed by atoms with Crippen LogP contribution in [0.15, 0.2) is 146 Å². The molecule has 1 heteroatoms. The zero-order chi connectivity index (χ0) is 28.5. The van der Waals surface area contributed by atoms with Gasteiger partial charge in [-0.15, -0.1) is 0 Å². The second-order valence-corrected chi connectivity index (χ2v) is 11.5. The average Bonchev–Trinajstić information content (AvgIpc) is 3.40. The van der Waals surface area contributed by atoms with E-state index in [9.17, 15) is 4.79 Å². The molecule has 9 rings (SSSR count). The van der Waals surface area contributed by atoms with Gasteiger partial charge in [-0.25, -0.2) is 0 Å². The Hall–Kier alpha value is -5.53. The summed E-state index contributed by atoms with van der Waals surface area (Å²) in [6.07, 6.45) is 0.491. The minimum absolute atomic E-state index is 0.217. The second-order valence-electron chi connectivity index (χ2n) is 11.5. The molecule has 0 saturated heterocycles. The molecule has 0 aliphatic heterocycles. The van der Waals surface area contributed by atoms with E-state index in [-0.39, 0.29) is 5.78 Å². The standard InChI is InChI=1S/C42H26O/c43-39-25-29-11-8-18-34-37(23-24-38(39)41(29)34)42-35-15-5-3-13-32(35)40(33-14-4-6-16-36(33)42)28-21-19-27(20-22-28)31-17-7-10-26-9-1-2-12-30(26)31/h1-24H,25H2. The maximum atomic E-state index is 12.8. The Labute approximate surface area is 249 Å². The molecule has 0 saturated carbocycles. The van der Waals surface area contributed by atoms with Crippen LogP contribution in [0.3, 0.4) is 0 Å². The Kier molecular flexibility index (Phi) is 5.18. The van der Waals surface area contributed by atoms with Crippen molar-refractivity contribution in [2.75, 3.05) is 0 Å². The van der Waals surface area contributed by atoms with E-state index in [1.54, 1.807) is 0 Å². The largest absolute Gasteiger partial charge is 0.294 e. The molecule has 0 atom stereocenters. The molecule has 0 amide bonds. The third-order valence-electron chi connectivity index (χ3n) is 9.25. The number of carbonyl (C=O) groups excluding carboxylic acids is 1. The van der Waals surface area contributed by atoms with Crippen molar-refractivity contribution in [2.45, 2.75) is 6.42 Å². The molecule has 1 nitrogen and oxygen atoms in total. The third kappa shape index (κ3) is 3.55. The van der Waals surface area contributed by atoms with Gasteiger partial charge >= 0.3 is 0 Å². The van der Waals surface area contributed by atoms with Crippen LogP contribution >= 0.6 is 0 Å². The van der Waals surface area contributed by atoms with E-state index in [1.165, 1.54) is 65.7 Å². The average molecular weight is 547 g/mol. The quantitative estimate of drug-likeness (QED) is 0.201. The molecule has 0 heterocycles. The fraction of sp³-hybridized carbons (Fsp3) is 0.0238. The highest BCUT2D eigenvalue weighted by Gasteiger charge is 2.25. The van der Waals surface area contributed by atoms with E-state index < -0.39 is 0 Å². The van der Waals surface area contributed by atoms with Gasteiger partial charge in [-0.3, -0.25) is 4.79 Å². The third-order valence-corrected chi connectivity index (χ3v) is 9.25. The van der Waals surface area contributed by atoms with Crippen LogP contribution in [-0.2, 0) is 6.42 Å². The number of Topliss-reactive ketones (excluding diaryl/α,β-unsaturated/α-hetero) is 1. The first-order chi connectivity index (χ1) is 21.3. The minimum atomic E-state index is 0.217. The Morgan fingerprint density at radius 1 is 0.372 bits per heavy atom. The van der Waals surface area contributed by atoms with Crippen LogP contribution in [0.4, 0.5) is 0 Å². The SMILES string of the molecule is O=C1Cc2cccc3c(-c4c5ccccc5c(-c5ccc(-c6cccc7ccccc67)cc5)c5ccccc45)ccc1c23. The number of hydrogen-bond donors (Lipinski definition) is 0. The highest BCUT2D eigenvalue weighted by atomic mass is 16.1. The van der Waals surface area contributed by atoms with Gasteiger partial charge in [0.25, 0.3) is 0 Å². The molecule has 0 radical (unpaired) electrons. The van der Waals surface area contributed by atoms with E-state index >= 15 is 0 Å². The van der Waals surface area contributed by atoms with Crippen LogP contribution in [0, 0.1) is 0 Å². The van der Waals surface area contributed by atoms with E-state index in [2.05, 4.69) is 140 Å². The van der Waals surface area contributed by atoms with Gasteiger partial charge in [0, 0.05) is 12.0 Å². The molecule has 0 fully saturated rings. The summed E-state index contributed by atoms with van der Waals surface area (Å²) >= 11 is 0. The van der Waals surface area contributed by atoms with Gasteiger partial charge in [-0.05, 0) is 82.0 Å². The van der Waals surface area contributed by atoms with Gasteiger partial charge in [-0.2, -0.15) is 0 Å². The van der Waals surface area contributed by atoms with Crippen molar-refractivity contribution in [1.29, 1.82) is 0 Å². The van der Waals surface area contributed by atoms with Gasteiger partial charge in [0.15, 0.2) is 5.78 Å². The maximum absolute atomic E-state index is 12.8. The minimum Gasteiger partial charge on any atom is -0.294 e. The second kappa shape index (κ2) is 9.24. The summed E-state index contributed by atoms with van der Waals surface area (Å²) < 4.78 is 0. The zero-order valence-corrected chi connectivity index (χ0v) is 23.5. The first-order valence-electron chi connectivity index (χ1n) is 14.9. The van der Waals surface area contributed by atoms with E-state index in [0.717, 1.165) is 21.9 Å². The van der Waals surface area contributed by atoms with E-state index in [4.69, 9.17) is 0 Å². The zero-order valence-electron chi connectivity index (χ0n) is 23.5. The monoisotopic (exact) mass is 546 g/mol. The Morgan fingerprint density at radius 3 is 1.63 bits per heavy atom. The summed E-state index contributed by atoms with van der Waals surface area (Å²) in [4.78, 5) is 12.8. The molecule has 1 aliphatic carbocycles. The van der Waals surface area contributed by atoms with Gasteiger partial charge < -0.3 is 0 Å². The van der Waals surface area contributed by atoms with Gasteiger partial charge in [0.1, 0.15) is 0 Å². The van der Waals surface area contributed by atoms with Gasteiger partial charge in [0.2, 0.25) is 0 Å². The fourth-order valence-electron chi connectivity index (χ4n) is 7.37. The van der Waals surface area contributed by atoms with Crippen molar-refractivity contribution in [1.82, 2.24) is 0 Å². The summed E-state index contributed by atoms with van der Waals surface area (Å²) in [6, 6.07) is 52.3. The molecule has 8 aromatic carbocycles. The lowest BCUT2D eigenvalue weighted by Gasteiger charge is -2.19. The molecule has 200 valence electrons. The molecule has 8 aromatic rings. The van der Waals surface area contributed by atoms with Crippen molar-refractivity contribution in [3.8, 4) is 33.4 Å². The molecule has 43 heavy (non-hydrogen) atoms. The highest BCUT2D eigenvalue weighted by Crippen LogP contribution is 2.47. The highest BCUT2D eigenvalue weighted by molar-refractivity contribution is 6.26. The number of hydrogen-bond acceptors (Lipinski definition) is 1. The normalized spacial score (nSPS) is 12.6. The molecule has 0 unspecified atom stereocenters. The van der Waals surface area contributed by atoms with Crippen molar-refractivity contribution in [2.24, 2.45) is 0 Å². The fourth-order valence-corrected chi connectivity index (χ4v) is 7.37. The van der Waals surface area contributed by atoms with Crippen LogP contribution < -0.4 is 0 Å². The van der Waals surface area contributed by atoms with Crippen molar-refractivity contribution < 1.29 is 4.79 Å². The van der Waals surface area contributed by atoms with Gasteiger partial charge in [0.05, 0.1) is 0 Å². The van der Waals surface area contributed by atoms with Crippen LogP contribution in [0.2, 0.25) is 0 Å². The van der Waals surface area contributed by atoms with Crippen LogP contribution in [0.5, 0.6) is 0 Å². The molecule has 0 aromatic heterocycles. The van der Waals surface area contributed by atoms with Crippen molar-refractivity contribution in [3.05, 3.63) is 157 Å². The number of rotatable bonds is 3. The predicted molar refractivity (Wildman–Crippen MR) is 181 cm³/mol. The first-order valence-corrected chi connectivity index (χ1v) is 14.9. The lowest BCUT2D eigenvalue weighted by molar-refractivity contribution is 0.1000. The molecule has 0 spiro atoms. The topological polar surface area (TPSA) is 17.1 Å². The van der Waals surface area contributed by atoms with Crippen LogP contribution in [-0.4, -0.2) is 5.78 Å².